The summed E-state index contributed by atoms with van der Waals surface area (Å²) in [7, 11) is 3.38. The molecule has 1 aromatic heterocycles. The number of hydrazine groups is 1. The van der Waals surface area contributed by atoms with E-state index < -0.39 is 0 Å². The number of nitriles is 1. The van der Waals surface area contributed by atoms with Gasteiger partial charge in [0.05, 0.1) is 19.0 Å². The summed E-state index contributed by atoms with van der Waals surface area (Å²) >= 11 is 6.32. The maximum Gasteiger partial charge on any atom is 0.237 e. The molecule has 0 bridgehead atoms. The van der Waals surface area contributed by atoms with Crippen molar-refractivity contribution < 1.29 is 9.53 Å². The molecular weight excluding hydrogens is 404 g/mol. The Bertz CT molecular complexity index is 1010. The number of halogens is 1. The standard InChI is InChI=1S/C21H25ClN6O2/c1-28-20(15-6-12(22)7-19(30-2)16(15)8-23)17(10-25-28)11-3-4-13-14(5-11)18(9-24)26-27-21(13)29/h6-7,10-11,13-14,18,26H,3-5,9,24H2,1-2H3,(H,27,29). The fourth-order valence-electron chi connectivity index (χ4n) is 4.98. The average molecular weight is 429 g/mol. The molecule has 2 aliphatic rings. The molecule has 1 aliphatic carbocycles. The van der Waals surface area contributed by atoms with E-state index in [1.165, 1.54) is 7.11 Å². The molecule has 8 nitrogen and oxygen atoms in total. The van der Waals surface area contributed by atoms with Gasteiger partial charge in [0.25, 0.3) is 0 Å². The Balaban J connectivity index is 1.75. The first-order valence-corrected chi connectivity index (χ1v) is 10.4. The molecule has 1 aliphatic heterocycles. The van der Waals surface area contributed by atoms with E-state index in [-0.39, 0.29) is 29.7 Å². The van der Waals surface area contributed by atoms with E-state index in [4.69, 9.17) is 22.1 Å². The SMILES string of the molecule is COc1cc(Cl)cc(-c2c(C3CCC4C(=O)NNC(CN)C4C3)cnn2C)c1C#N. The number of fused-ring (bicyclic) bond motifs is 1. The molecule has 1 saturated heterocycles. The van der Waals surface area contributed by atoms with E-state index in [1.807, 2.05) is 13.2 Å². The minimum absolute atomic E-state index is 0.0305. The number of aryl methyl sites for hydroxylation is 1. The lowest BCUT2D eigenvalue weighted by Gasteiger charge is -2.43. The lowest BCUT2D eigenvalue weighted by atomic mass is 9.68. The highest BCUT2D eigenvalue weighted by molar-refractivity contribution is 6.31. The second-order valence-corrected chi connectivity index (χ2v) is 8.41. The second kappa shape index (κ2) is 8.26. The van der Waals surface area contributed by atoms with Crippen molar-refractivity contribution in [2.45, 2.75) is 31.2 Å². The number of rotatable bonds is 4. The van der Waals surface area contributed by atoms with E-state index in [2.05, 4.69) is 22.0 Å². The first-order valence-electron chi connectivity index (χ1n) is 10.0. The predicted octanol–water partition coefficient (Wildman–Crippen LogP) is 2.08. The Morgan fingerprint density at radius 2 is 2.23 bits per heavy atom. The molecule has 1 aromatic carbocycles. The van der Waals surface area contributed by atoms with Gasteiger partial charge in [-0.2, -0.15) is 10.4 Å². The quantitative estimate of drug-likeness (QED) is 0.686. The molecular formula is C21H25ClN6O2. The normalized spacial score (nSPS) is 25.9. The summed E-state index contributed by atoms with van der Waals surface area (Å²) in [6.45, 7) is 0.456. The van der Waals surface area contributed by atoms with E-state index >= 15 is 0 Å². The molecule has 2 heterocycles. The predicted molar refractivity (Wildman–Crippen MR) is 113 cm³/mol. The molecule has 4 N–H and O–H groups in total. The van der Waals surface area contributed by atoms with Crippen LogP contribution in [-0.2, 0) is 11.8 Å². The summed E-state index contributed by atoms with van der Waals surface area (Å²) < 4.78 is 7.17. The highest BCUT2D eigenvalue weighted by atomic mass is 35.5. The van der Waals surface area contributed by atoms with Crippen LogP contribution in [0.25, 0.3) is 11.3 Å². The van der Waals surface area contributed by atoms with Gasteiger partial charge in [0.1, 0.15) is 17.4 Å². The number of ether oxygens (including phenoxy) is 1. The van der Waals surface area contributed by atoms with Crippen molar-refractivity contribution in [3.63, 3.8) is 0 Å². The summed E-state index contributed by atoms with van der Waals surface area (Å²) in [5, 5.41) is 14.8. The smallest absolute Gasteiger partial charge is 0.237 e. The minimum Gasteiger partial charge on any atom is -0.495 e. The van der Waals surface area contributed by atoms with E-state index in [0.717, 1.165) is 30.5 Å². The van der Waals surface area contributed by atoms with Crippen LogP contribution in [0.2, 0.25) is 5.02 Å². The number of nitrogens with zero attached hydrogens (tertiary/aromatic N) is 3. The van der Waals surface area contributed by atoms with Crippen LogP contribution in [0.3, 0.4) is 0 Å². The highest BCUT2D eigenvalue weighted by Crippen LogP contribution is 2.45. The van der Waals surface area contributed by atoms with Crippen LogP contribution in [0.5, 0.6) is 5.75 Å². The second-order valence-electron chi connectivity index (χ2n) is 7.97. The largest absolute Gasteiger partial charge is 0.495 e. The monoisotopic (exact) mass is 428 g/mol. The Kier molecular flexibility index (Phi) is 5.69. The van der Waals surface area contributed by atoms with Crippen molar-refractivity contribution in [2.24, 2.45) is 24.6 Å². The van der Waals surface area contributed by atoms with Gasteiger partial charge < -0.3 is 10.5 Å². The summed E-state index contributed by atoms with van der Waals surface area (Å²) in [6.07, 6.45) is 4.34. The number of hydrogen-bond donors (Lipinski definition) is 3. The molecule has 2 fully saturated rings. The fraction of sp³-hybridized carbons (Fsp3) is 0.476. The average Bonchev–Trinajstić information content (AvgIpc) is 3.14. The Morgan fingerprint density at radius 1 is 1.43 bits per heavy atom. The minimum atomic E-state index is -0.0305. The molecule has 0 radical (unpaired) electrons. The third-order valence-corrected chi connectivity index (χ3v) is 6.67. The lowest BCUT2D eigenvalue weighted by molar-refractivity contribution is -0.133. The van der Waals surface area contributed by atoms with Crippen LogP contribution in [0.4, 0.5) is 0 Å². The third-order valence-electron chi connectivity index (χ3n) is 6.45. The molecule has 0 spiro atoms. The fourth-order valence-corrected chi connectivity index (χ4v) is 5.19. The molecule has 4 unspecified atom stereocenters. The van der Waals surface area contributed by atoms with Gasteiger partial charge in [0.2, 0.25) is 5.91 Å². The molecule has 4 rings (SSSR count). The number of hydrogen-bond acceptors (Lipinski definition) is 6. The zero-order valence-electron chi connectivity index (χ0n) is 17.0. The number of methoxy groups -OCH3 is 1. The zero-order chi connectivity index (χ0) is 21.4. The lowest BCUT2D eigenvalue weighted by Crippen LogP contribution is -2.62. The number of nitrogens with two attached hydrogens (primary N) is 1. The molecule has 4 atom stereocenters. The van der Waals surface area contributed by atoms with Crippen LogP contribution in [0.1, 0.15) is 36.3 Å². The van der Waals surface area contributed by atoms with Gasteiger partial charge in [-0.05, 0) is 37.2 Å². The van der Waals surface area contributed by atoms with Crippen molar-refractivity contribution >= 4 is 17.5 Å². The third kappa shape index (κ3) is 3.43. The summed E-state index contributed by atoms with van der Waals surface area (Å²) in [4.78, 5) is 12.3. The van der Waals surface area contributed by atoms with Crippen molar-refractivity contribution in [3.8, 4) is 23.1 Å². The van der Waals surface area contributed by atoms with Gasteiger partial charge in [-0.3, -0.25) is 14.9 Å². The molecule has 30 heavy (non-hydrogen) atoms. The van der Waals surface area contributed by atoms with Crippen molar-refractivity contribution in [3.05, 3.63) is 34.5 Å². The van der Waals surface area contributed by atoms with E-state index in [1.54, 1.807) is 16.8 Å². The number of nitrogens with one attached hydrogen (secondary N) is 2. The van der Waals surface area contributed by atoms with Crippen molar-refractivity contribution in [2.75, 3.05) is 13.7 Å². The molecule has 1 amide bonds. The first-order chi connectivity index (χ1) is 14.5. The summed E-state index contributed by atoms with van der Waals surface area (Å²) in [5.41, 5.74) is 14.8. The zero-order valence-corrected chi connectivity index (χ0v) is 17.7. The Morgan fingerprint density at radius 3 is 2.93 bits per heavy atom. The van der Waals surface area contributed by atoms with Crippen LogP contribution in [-0.4, -0.2) is 35.4 Å². The van der Waals surface area contributed by atoms with Crippen LogP contribution in [0, 0.1) is 23.2 Å². The Labute approximate surface area is 180 Å². The van der Waals surface area contributed by atoms with Crippen LogP contribution < -0.4 is 21.3 Å². The van der Waals surface area contributed by atoms with Crippen LogP contribution in [0.15, 0.2) is 18.3 Å². The van der Waals surface area contributed by atoms with Gasteiger partial charge in [0.15, 0.2) is 0 Å². The molecule has 9 heteroatoms. The van der Waals surface area contributed by atoms with Gasteiger partial charge in [-0.15, -0.1) is 0 Å². The van der Waals surface area contributed by atoms with Gasteiger partial charge in [0, 0.05) is 47.8 Å². The number of carbonyl (C=O) groups excluding carboxylic acids is 1. The summed E-state index contributed by atoms with van der Waals surface area (Å²) in [6, 6.07) is 5.72. The van der Waals surface area contributed by atoms with Gasteiger partial charge in [-0.25, -0.2) is 5.43 Å². The molecule has 158 valence electrons. The number of amides is 1. The molecule has 2 aromatic rings. The maximum atomic E-state index is 12.3. The summed E-state index contributed by atoms with van der Waals surface area (Å²) in [5.74, 6) is 0.804. The topological polar surface area (TPSA) is 118 Å². The Hall–Kier alpha value is -2.60. The van der Waals surface area contributed by atoms with Crippen molar-refractivity contribution in [1.82, 2.24) is 20.6 Å². The van der Waals surface area contributed by atoms with Gasteiger partial charge >= 0.3 is 0 Å². The molecule has 1 saturated carbocycles. The van der Waals surface area contributed by atoms with Gasteiger partial charge in [-0.1, -0.05) is 11.6 Å². The number of carbonyl (C=O) groups is 1. The van der Waals surface area contributed by atoms with Crippen molar-refractivity contribution in [1.29, 1.82) is 5.26 Å². The van der Waals surface area contributed by atoms with E-state index in [9.17, 15) is 10.1 Å². The highest BCUT2D eigenvalue weighted by Gasteiger charge is 2.43. The first kappa shape index (κ1) is 20.7. The maximum absolute atomic E-state index is 12.3. The van der Waals surface area contributed by atoms with E-state index in [0.29, 0.717) is 28.4 Å². The van der Waals surface area contributed by atoms with Crippen LogP contribution >= 0.6 is 11.6 Å². The number of benzene rings is 1. The number of aromatic nitrogens is 2.